The molecule has 90 valence electrons. The first kappa shape index (κ1) is 13.0. The van der Waals surface area contributed by atoms with Crippen molar-refractivity contribution in [3.05, 3.63) is 42.0 Å². The van der Waals surface area contributed by atoms with E-state index < -0.39 is 5.97 Å². The van der Waals surface area contributed by atoms with Crippen LogP contribution in [0.25, 0.3) is 6.08 Å². The number of nitrogens with one attached hydrogen (secondary N) is 1. The Bertz CT molecular complexity index is 412. The number of hydrogen-bond acceptors (Lipinski definition) is 2. The lowest BCUT2D eigenvalue weighted by atomic mass is 10.2. The molecule has 0 saturated heterocycles. The van der Waals surface area contributed by atoms with Crippen molar-refractivity contribution in [2.45, 2.75) is 19.4 Å². The Kier molecular flexibility index (Phi) is 4.94. The minimum absolute atomic E-state index is 0.0785. The largest absolute Gasteiger partial charge is 0.481 e. The quantitative estimate of drug-likeness (QED) is 0.760. The van der Waals surface area contributed by atoms with Gasteiger partial charge >= 0.3 is 5.97 Å². The third-order valence-corrected chi connectivity index (χ3v) is 2.10. The molecule has 0 aromatic heterocycles. The monoisotopic (exact) mass is 233 g/mol. The predicted octanol–water partition coefficient (Wildman–Crippen LogP) is 1.68. The van der Waals surface area contributed by atoms with Gasteiger partial charge in [0.1, 0.15) is 0 Å². The maximum Gasteiger partial charge on any atom is 0.305 e. The molecule has 1 rings (SSSR count). The average Bonchev–Trinajstić information content (AvgIpc) is 2.26. The van der Waals surface area contributed by atoms with Gasteiger partial charge in [-0.25, -0.2) is 0 Å². The molecule has 0 aliphatic heterocycles. The van der Waals surface area contributed by atoms with Gasteiger partial charge in [0.15, 0.2) is 0 Å². The second-order valence-corrected chi connectivity index (χ2v) is 3.75. The summed E-state index contributed by atoms with van der Waals surface area (Å²) in [4.78, 5) is 21.8. The van der Waals surface area contributed by atoms with Crippen LogP contribution in [0.3, 0.4) is 0 Å². The van der Waals surface area contributed by atoms with Crippen molar-refractivity contribution in [1.29, 1.82) is 0 Å². The van der Waals surface area contributed by atoms with Crippen LogP contribution in [0.15, 0.2) is 36.4 Å². The zero-order valence-electron chi connectivity index (χ0n) is 9.59. The van der Waals surface area contributed by atoms with Crippen molar-refractivity contribution in [3.8, 4) is 0 Å². The van der Waals surface area contributed by atoms with E-state index in [4.69, 9.17) is 5.11 Å². The van der Waals surface area contributed by atoms with E-state index in [9.17, 15) is 9.59 Å². The summed E-state index contributed by atoms with van der Waals surface area (Å²) < 4.78 is 0. The van der Waals surface area contributed by atoms with Crippen LogP contribution < -0.4 is 5.32 Å². The first-order valence-corrected chi connectivity index (χ1v) is 5.33. The van der Waals surface area contributed by atoms with Crippen molar-refractivity contribution < 1.29 is 14.7 Å². The van der Waals surface area contributed by atoms with E-state index >= 15 is 0 Å². The molecule has 0 aliphatic rings. The number of carbonyl (C=O) groups is 2. The summed E-state index contributed by atoms with van der Waals surface area (Å²) in [5, 5.41) is 11.1. The highest BCUT2D eigenvalue weighted by molar-refractivity contribution is 5.92. The lowest BCUT2D eigenvalue weighted by Gasteiger charge is -2.08. The van der Waals surface area contributed by atoms with Crippen LogP contribution in [0.1, 0.15) is 18.9 Å². The number of hydrogen-bond donors (Lipinski definition) is 2. The summed E-state index contributed by atoms with van der Waals surface area (Å²) in [5.74, 6) is -1.22. The lowest BCUT2D eigenvalue weighted by Crippen LogP contribution is -2.32. The normalized spacial score (nSPS) is 12.3. The summed E-state index contributed by atoms with van der Waals surface area (Å²) in [7, 11) is 0. The Morgan fingerprint density at radius 2 is 2.00 bits per heavy atom. The zero-order valence-corrected chi connectivity index (χ0v) is 9.59. The first-order chi connectivity index (χ1) is 8.08. The highest BCUT2D eigenvalue weighted by atomic mass is 16.4. The average molecular weight is 233 g/mol. The van der Waals surface area contributed by atoms with Gasteiger partial charge in [-0.15, -0.1) is 0 Å². The molecule has 0 saturated carbocycles. The lowest BCUT2D eigenvalue weighted by molar-refractivity contribution is -0.137. The first-order valence-electron chi connectivity index (χ1n) is 5.33. The summed E-state index contributed by atoms with van der Waals surface area (Å²) in [5.41, 5.74) is 0.925. The molecule has 0 spiro atoms. The Hall–Kier alpha value is -2.10. The van der Waals surface area contributed by atoms with E-state index in [0.717, 1.165) is 5.56 Å². The Morgan fingerprint density at radius 3 is 2.59 bits per heavy atom. The minimum atomic E-state index is -0.926. The smallest absolute Gasteiger partial charge is 0.305 e. The van der Waals surface area contributed by atoms with Crippen molar-refractivity contribution in [2.24, 2.45) is 0 Å². The van der Waals surface area contributed by atoms with Gasteiger partial charge in [0, 0.05) is 12.1 Å². The van der Waals surface area contributed by atoms with Crippen LogP contribution in [-0.4, -0.2) is 23.0 Å². The van der Waals surface area contributed by atoms with Gasteiger partial charge < -0.3 is 10.4 Å². The van der Waals surface area contributed by atoms with Crippen LogP contribution in [0.5, 0.6) is 0 Å². The molecular weight excluding hydrogens is 218 g/mol. The molecule has 0 radical (unpaired) electrons. The number of aliphatic carboxylic acids is 1. The maximum absolute atomic E-state index is 11.4. The number of carboxylic acids is 1. The van der Waals surface area contributed by atoms with Gasteiger partial charge in [-0.1, -0.05) is 30.3 Å². The summed E-state index contributed by atoms with van der Waals surface area (Å²) in [6.07, 6.45) is 3.00. The van der Waals surface area contributed by atoms with Gasteiger partial charge in [0.25, 0.3) is 0 Å². The molecule has 1 atom stereocenters. The van der Waals surface area contributed by atoms with Gasteiger partial charge in [-0.05, 0) is 18.6 Å². The third kappa shape index (κ3) is 5.51. The molecule has 4 heteroatoms. The molecule has 0 bridgehead atoms. The molecule has 1 unspecified atom stereocenters. The van der Waals surface area contributed by atoms with Crippen LogP contribution >= 0.6 is 0 Å². The van der Waals surface area contributed by atoms with Crippen molar-refractivity contribution in [1.82, 2.24) is 5.32 Å². The number of benzene rings is 1. The Labute approximate surface area is 100.0 Å². The Morgan fingerprint density at radius 1 is 1.35 bits per heavy atom. The molecule has 1 aromatic rings. The van der Waals surface area contributed by atoms with Crippen molar-refractivity contribution in [3.63, 3.8) is 0 Å². The Balaban J connectivity index is 2.44. The van der Waals surface area contributed by atoms with E-state index in [1.165, 1.54) is 6.08 Å². The third-order valence-electron chi connectivity index (χ3n) is 2.10. The highest BCUT2D eigenvalue weighted by Gasteiger charge is 2.08. The fourth-order valence-corrected chi connectivity index (χ4v) is 1.34. The second kappa shape index (κ2) is 6.48. The van der Waals surface area contributed by atoms with Crippen LogP contribution in [0.4, 0.5) is 0 Å². The van der Waals surface area contributed by atoms with E-state index in [-0.39, 0.29) is 18.4 Å². The topological polar surface area (TPSA) is 66.4 Å². The minimum Gasteiger partial charge on any atom is -0.481 e. The molecule has 1 amide bonds. The molecule has 1 aromatic carbocycles. The molecule has 0 heterocycles. The van der Waals surface area contributed by atoms with E-state index in [1.807, 2.05) is 30.3 Å². The van der Waals surface area contributed by atoms with Gasteiger partial charge in [-0.3, -0.25) is 9.59 Å². The van der Waals surface area contributed by atoms with Crippen molar-refractivity contribution in [2.75, 3.05) is 0 Å². The number of carboxylic acid groups (broad SMARTS) is 1. The van der Waals surface area contributed by atoms with E-state index in [0.29, 0.717) is 0 Å². The molecule has 4 nitrogen and oxygen atoms in total. The number of carbonyl (C=O) groups excluding carboxylic acids is 1. The van der Waals surface area contributed by atoms with Crippen LogP contribution in [-0.2, 0) is 9.59 Å². The highest BCUT2D eigenvalue weighted by Crippen LogP contribution is 2.00. The molecule has 0 fully saturated rings. The van der Waals surface area contributed by atoms with Gasteiger partial charge in [0.2, 0.25) is 5.91 Å². The summed E-state index contributed by atoms with van der Waals surface area (Å²) in [6.45, 7) is 1.66. The van der Waals surface area contributed by atoms with Gasteiger partial charge in [0.05, 0.1) is 6.42 Å². The number of rotatable bonds is 5. The number of amides is 1. The summed E-state index contributed by atoms with van der Waals surface area (Å²) >= 11 is 0. The molecule has 2 N–H and O–H groups in total. The van der Waals surface area contributed by atoms with Crippen LogP contribution in [0.2, 0.25) is 0 Å². The van der Waals surface area contributed by atoms with E-state index in [2.05, 4.69) is 5.32 Å². The predicted molar refractivity (Wildman–Crippen MR) is 65.3 cm³/mol. The molecule has 17 heavy (non-hydrogen) atoms. The molecule has 0 aliphatic carbocycles. The fraction of sp³-hybridized carbons (Fsp3) is 0.231. The molecular formula is C13H15NO3. The second-order valence-electron chi connectivity index (χ2n) is 3.75. The van der Waals surface area contributed by atoms with Gasteiger partial charge in [-0.2, -0.15) is 0 Å². The maximum atomic E-state index is 11.4. The SMILES string of the molecule is CC(CC(=O)O)NC(=O)/C=C/c1ccccc1. The standard InChI is InChI=1S/C13H15NO3/c1-10(9-13(16)17)14-12(15)8-7-11-5-3-2-4-6-11/h2-8,10H,9H2,1H3,(H,14,15)(H,16,17)/b8-7+. The summed E-state index contributed by atoms with van der Waals surface area (Å²) in [6, 6.07) is 9.04. The van der Waals surface area contributed by atoms with E-state index in [1.54, 1.807) is 13.0 Å². The zero-order chi connectivity index (χ0) is 12.7. The van der Waals surface area contributed by atoms with Crippen molar-refractivity contribution >= 4 is 18.0 Å². The van der Waals surface area contributed by atoms with Crippen LogP contribution in [0, 0.1) is 0 Å². The fourth-order valence-electron chi connectivity index (χ4n) is 1.34.